The molecule has 1 aliphatic rings. The lowest BCUT2D eigenvalue weighted by Gasteiger charge is -2.19. The molecule has 0 unspecified atom stereocenters. The van der Waals surface area contributed by atoms with Gasteiger partial charge in [-0.05, 0) is 40.2 Å². The van der Waals surface area contributed by atoms with Crippen LogP contribution in [0, 0.1) is 11.3 Å². The maximum Gasteiger partial charge on any atom is 0.253 e. The fraction of sp³-hybridized carbons (Fsp3) is 0.500. The molecule has 1 heterocycles. The van der Waals surface area contributed by atoms with Crippen molar-refractivity contribution in [2.75, 3.05) is 6.54 Å². The van der Waals surface area contributed by atoms with E-state index in [4.69, 9.17) is 5.26 Å². The number of nitrogens with zero attached hydrogens (tertiary/aromatic N) is 2. The van der Waals surface area contributed by atoms with Crippen LogP contribution in [0.15, 0.2) is 20.1 Å². The Labute approximate surface area is 113 Å². The molecule has 17 heavy (non-hydrogen) atoms. The zero-order valence-corrected chi connectivity index (χ0v) is 12.2. The molecule has 1 aromatic heterocycles. The summed E-state index contributed by atoms with van der Waals surface area (Å²) in [6.07, 6.45) is 2.03. The number of halogens is 1. The first-order chi connectivity index (χ1) is 8.07. The van der Waals surface area contributed by atoms with Crippen LogP contribution in [0.3, 0.4) is 0 Å². The van der Waals surface area contributed by atoms with Crippen molar-refractivity contribution in [2.45, 2.75) is 29.5 Å². The van der Waals surface area contributed by atoms with Gasteiger partial charge in [-0.2, -0.15) is 9.57 Å². The minimum absolute atomic E-state index is 0.0855. The third kappa shape index (κ3) is 2.71. The van der Waals surface area contributed by atoms with Crippen molar-refractivity contribution in [3.63, 3.8) is 0 Å². The summed E-state index contributed by atoms with van der Waals surface area (Å²) in [5, 5.41) is 10.3. The highest BCUT2D eigenvalue weighted by atomic mass is 79.9. The maximum absolute atomic E-state index is 12.4. The SMILES string of the molecule is N#CCCN(C1CC1)S(=O)(=O)c1sccc1Br. The van der Waals surface area contributed by atoms with Gasteiger partial charge in [0.25, 0.3) is 10.0 Å². The Kier molecular flexibility index (Phi) is 3.88. The van der Waals surface area contributed by atoms with Gasteiger partial charge in [0.1, 0.15) is 4.21 Å². The van der Waals surface area contributed by atoms with Gasteiger partial charge >= 0.3 is 0 Å². The number of hydrogen-bond acceptors (Lipinski definition) is 4. The molecule has 0 N–H and O–H groups in total. The second-order valence-corrected chi connectivity index (χ2v) is 7.67. The Hall–Kier alpha value is -0.420. The van der Waals surface area contributed by atoms with E-state index in [0.29, 0.717) is 8.68 Å². The molecule has 1 aromatic rings. The number of nitriles is 1. The summed E-state index contributed by atoms with van der Waals surface area (Å²) in [6, 6.07) is 3.81. The van der Waals surface area contributed by atoms with E-state index in [9.17, 15) is 8.42 Å². The van der Waals surface area contributed by atoms with E-state index >= 15 is 0 Å². The maximum atomic E-state index is 12.4. The molecule has 1 saturated carbocycles. The van der Waals surface area contributed by atoms with Crippen LogP contribution in [0.25, 0.3) is 0 Å². The van der Waals surface area contributed by atoms with Gasteiger partial charge in [-0.25, -0.2) is 8.42 Å². The predicted molar refractivity (Wildman–Crippen MR) is 69.2 cm³/mol. The summed E-state index contributed by atoms with van der Waals surface area (Å²) in [7, 11) is -3.44. The molecule has 2 rings (SSSR count). The first-order valence-electron chi connectivity index (χ1n) is 5.19. The molecule has 0 atom stereocenters. The molecule has 92 valence electrons. The van der Waals surface area contributed by atoms with E-state index < -0.39 is 10.0 Å². The molecule has 0 radical (unpaired) electrons. The van der Waals surface area contributed by atoms with Gasteiger partial charge in [0.15, 0.2) is 0 Å². The van der Waals surface area contributed by atoms with Crippen molar-refractivity contribution in [1.29, 1.82) is 5.26 Å². The van der Waals surface area contributed by atoms with Crippen molar-refractivity contribution in [2.24, 2.45) is 0 Å². The van der Waals surface area contributed by atoms with Crippen LogP contribution in [-0.2, 0) is 10.0 Å². The Morgan fingerprint density at radius 2 is 2.29 bits per heavy atom. The monoisotopic (exact) mass is 334 g/mol. The molecule has 4 nitrogen and oxygen atoms in total. The minimum Gasteiger partial charge on any atom is -0.206 e. The van der Waals surface area contributed by atoms with E-state index in [2.05, 4.69) is 15.9 Å². The molecule has 0 aliphatic heterocycles. The average Bonchev–Trinajstić information content (AvgIpc) is 3.00. The van der Waals surface area contributed by atoms with Gasteiger partial charge < -0.3 is 0 Å². The minimum atomic E-state index is -3.44. The summed E-state index contributed by atoms with van der Waals surface area (Å²) in [4.78, 5) is 0. The summed E-state index contributed by atoms with van der Waals surface area (Å²) < 4.78 is 27.2. The fourth-order valence-electron chi connectivity index (χ4n) is 1.59. The van der Waals surface area contributed by atoms with Crippen LogP contribution in [0.2, 0.25) is 0 Å². The zero-order chi connectivity index (χ0) is 12.5. The van der Waals surface area contributed by atoms with Crippen molar-refractivity contribution < 1.29 is 8.42 Å². The smallest absolute Gasteiger partial charge is 0.206 e. The first kappa shape index (κ1) is 13.0. The van der Waals surface area contributed by atoms with Crippen molar-refractivity contribution in [3.8, 4) is 6.07 Å². The lowest BCUT2D eigenvalue weighted by atomic mass is 10.4. The Balaban J connectivity index is 2.29. The fourth-order valence-corrected chi connectivity index (χ4v) is 5.70. The van der Waals surface area contributed by atoms with E-state index in [1.807, 2.05) is 6.07 Å². The molecule has 0 spiro atoms. The molecule has 1 aliphatic carbocycles. The van der Waals surface area contributed by atoms with E-state index in [1.165, 1.54) is 15.6 Å². The average molecular weight is 335 g/mol. The summed E-state index contributed by atoms with van der Waals surface area (Å²) in [5.74, 6) is 0. The van der Waals surface area contributed by atoms with E-state index in [1.54, 1.807) is 11.4 Å². The third-order valence-electron chi connectivity index (χ3n) is 2.53. The van der Waals surface area contributed by atoms with Crippen LogP contribution in [-0.4, -0.2) is 25.3 Å². The van der Waals surface area contributed by atoms with Crippen molar-refractivity contribution >= 4 is 37.3 Å². The van der Waals surface area contributed by atoms with E-state index in [-0.39, 0.29) is 19.0 Å². The predicted octanol–water partition coefficient (Wildman–Crippen LogP) is 2.58. The van der Waals surface area contributed by atoms with Gasteiger partial charge in [0.05, 0.1) is 6.07 Å². The number of thiophene rings is 1. The molecular formula is C10H11BrN2O2S2. The second-order valence-electron chi connectivity index (χ2n) is 3.81. The molecule has 0 aromatic carbocycles. The Bertz CT molecular complexity index is 543. The summed E-state index contributed by atoms with van der Waals surface area (Å²) >= 11 is 4.45. The number of rotatable bonds is 5. The number of sulfonamides is 1. The Morgan fingerprint density at radius 3 is 2.76 bits per heavy atom. The molecule has 1 fully saturated rings. The van der Waals surface area contributed by atoms with Gasteiger partial charge in [-0.3, -0.25) is 0 Å². The molecule has 0 amide bonds. The topological polar surface area (TPSA) is 61.2 Å². The normalized spacial score (nSPS) is 16.1. The quantitative estimate of drug-likeness (QED) is 0.831. The van der Waals surface area contributed by atoms with Crippen molar-refractivity contribution in [1.82, 2.24) is 4.31 Å². The Morgan fingerprint density at radius 1 is 1.59 bits per heavy atom. The van der Waals surface area contributed by atoms with Crippen LogP contribution in [0.5, 0.6) is 0 Å². The van der Waals surface area contributed by atoms with Gasteiger partial charge in [0.2, 0.25) is 0 Å². The summed E-state index contributed by atoms with van der Waals surface area (Å²) in [6.45, 7) is 0.286. The molecule has 0 saturated heterocycles. The zero-order valence-electron chi connectivity index (χ0n) is 8.97. The molecule has 0 bridgehead atoms. The third-order valence-corrected chi connectivity index (χ3v) is 7.12. The molecular weight excluding hydrogens is 324 g/mol. The lowest BCUT2D eigenvalue weighted by Crippen LogP contribution is -2.33. The highest BCUT2D eigenvalue weighted by molar-refractivity contribution is 9.10. The highest BCUT2D eigenvalue weighted by Crippen LogP contribution is 2.36. The van der Waals surface area contributed by atoms with Gasteiger partial charge in [-0.1, -0.05) is 0 Å². The van der Waals surface area contributed by atoms with E-state index in [0.717, 1.165) is 12.8 Å². The highest BCUT2D eigenvalue weighted by Gasteiger charge is 2.38. The molecule has 7 heteroatoms. The lowest BCUT2D eigenvalue weighted by molar-refractivity contribution is 0.412. The largest absolute Gasteiger partial charge is 0.253 e. The van der Waals surface area contributed by atoms with Crippen LogP contribution >= 0.6 is 27.3 Å². The van der Waals surface area contributed by atoms with Crippen LogP contribution < -0.4 is 0 Å². The van der Waals surface area contributed by atoms with Crippen LogP contribution in [0.1, 0.15) is 19.3 Å². The summed E-state index contributed by atoms with van der Waals surface area (Å²) in [5.41, 5.74) is 0. The first-order valence-corrected chi connectivity index (χ1v) is 8.30. The van der Waals surface area contributed by atoms with Gasteiger partial charge in [0, 0.05) is 23.5 Å². The van der Waals surface area contributed by atoms with Crippen LogP contribution in [0.4, 0.5) is 0 Å². The van der Waals surface area contributed by atoms with Gasteiger partial charge in [-0.15, -0.1) is 11.3 Å². The number of hydrogen-bond donors (Lipinski definition) is 0. The van der Waals surface area contributed by atoms with Crippen molar-refractivity contribution in [3.05, 3.63) is 15.9 Å². The second kappa shape index (κ2) is 5.06. The standard InChI is InChI=1S/C10H11BrN2O2S2/c11-9-4-7-16-10(9)17(14,15)13(6-1-5-12)8-2-3-8/h4,7-8H,1-3,6H2.